The molecule has 108 valence electrons. The van der Waals surface area contributed by atoms with E-state index in [0.29, 0.717) is 0 Å². The molecule has 1 aromatic rings. The minimum Gasteiger partial charge on any atom is -0.481 e. The van der Waals surface area contributed by atoms with Crippen molar-refractivity contribution in [2.75, 3.05) is 11.9 Å². The summed E-state index contributed by atoms with van der Waals surface area (Å²) in [6, 6.07) is 0. The van der Waals surface area contributed by atoms with Gasteiger partial charge in [0, 0.05) is 11.4 Å². The highest BCUT2D eigenvalue weighted by Crippen LogP contribution is 2.49. The van der Waals surface area contributed by atoms with E-state index in [1.807, 2.05) is 0 Å². The Hall–Kier alpha value is -1.10. The van der Waals surface area contributed by atoms with E-state index >= 15 is 0 Å². The number of hydrogen-bond acceptors (Lipinski definition) is 4. The first kappa shape index (κ1) is 12.6. The van der Waals surface area contributed by atoms with E-state index in [1.54, 1.807) is 11.3 Å². The topological polar surface area (TPSA) is 62.2 Å². The molecule has 20 heavy (non-hydrogen) atoms. The number of rotatable bonds is 6. The highest BCUT2D eigenvalue weighted by atomic mass is 32.1. The van der Waals surface area contributed by atoms with Crippen LogP contribution in [0.15, 0.2) is 0 Å². The maximum absolute atomic E-state index is 11.2. The van der Waals surface area contributed by atoms with Gasteiger partial charge in [0.05, 0.1) is 5.69 Å². The Kier molecular flexibility index (Phi) is 2.98. The normalized spacial score (nSPS) is 24.9. The smallest absolute Gasteiger partial charge is 0.312 e. The Morgan fingerprint density at radius 1 is 1.30 bits per heavy atom. The number of carboxylic acids is 1. The Bertz CT molecular complexity index is 522. The predicted molar refractivity (Wildman–Crippen MR) is 78.2 cm³/mol. The van der Waals surface area contributed by atoms with Crippen molar-refractivity contribution in [1.29, 1.82) is 0 Å². The van der Waals surface area contributed by atoms with Gasteiger partial charge in [-0.2, -0.15) is 0 Å². The number of aryl methyl sites for hydroxylation is 1. The van der Waals surface area contributed by atoms with Crippen molar-refractivity contribution in [3.63, 3.8) is 0 Å². The highest BCUT2D eigenvalue weighted by Gasteiger charge is 2.41. The molecule has 2 N–H and O–H groups in total. The third kappa shape index (κ3) is 2.32. The number of hydrogen-bond donors (Lipinski definition) is 2. The molecular formula is C15H20N2O2S. The van der Waals surface area contributed by atoms with Gasteiger partial charge < -0.3 is 10.4 Å². The minimum atomic E-state index is -0.727. The molecule has 0 radical (unpaired) electrons. The van der Waals surface area contributed by atoms with Crippen molar-refractivity contribution in [3.05, 3.63) is 10.6 Å². The maximum Gasteiger partial charge on any atom is 0.312 e. The van der Waals surface area contributed by atoms with Crippen LogP contribution in [0, 0.1) is 17.8 Å². The fraction of sp³-hybridized carbons (Fsp3) is 0.733. The molecule has 1 atom stereocenters. The fourth-order valence-electron chi connectivity index (χ4n) is 3.52. The third-order valence-electron chi connectivity index (χ3n) is 4.96. The molecule has 3 aliphatic rings. The lowest BCUT2D eigenvalue weighted by Crippen LogP contribution is -2.18. The number of nitrogens with zero attached hydrogens (tertiary/aromatic N) is 1. The average molecular weight is 292 g/mol. The maximum atomic E-state index is 11.2. The second-order valence-electron chi connectivity index (χ2n) is 6.48. The van der Waals surface area contributed by atoms with Crippen LogP contribution in [0.2, 0.25) is 0 Å². The van der Waals surface area contributed by atoms with Crippen LogP contribution in [0.4, 0.5) is 5.13 Å². The summed E-state index contributed by atoms with van der Waals surface area (Å²) in [5.41, 5.74) is 0.819. The number of thiazole rings is 1. The van der Waals surface area contributed by atoms with Gasteiger partial charge in [0.25, 0.3) is 0 Å². The lowest BCUT2D eigenvalue weighted by molar-refractivity contribution is -0.138. The fourth-order valence-corrected chi connectivity index (χ4v) is 4.56. The molecule has 2 saturated carbocycles. The van der Waals surface area contributed by atoms with Gasteiger partial charge in [0.15, 0.2) is 5.13 Å². The monoisotopic (exact) mass is 292 g/mol. The molecule has 0 amide bonds. The molecule has 0 bridgehead atoms. The van der Waals surface area contributed by atoms with E-state index in [2.05, 4.69) is 10.3 Å². The average Bonchev–Trinajstić information content (AvgIpc) is 3.30. The first-order valence-electron chi connectivity index (χ1n) is 7.68. The van der Waals surface area contributed by atoms with Crippen LogP contribution >= 0.6 is 11.3 Å². The second kappa shape index (κ2) is 4.72. The van der Waals surface area contributed by atoms with E-state index in [9.17, 15) is 9.90 Å². The van der Waals surface area contributed by atoms with Crippen LogP contribution in [0.1, 0.15) is 48.6 Å². The van der Waals surface area contributed by atoms with Crippen molar-refractivity contribution in [2.45, 2.75) is 44.4 Å². The van der Waals surface area contributed by atoms with Crippen molar-refractivity contribution in [3.8, 4) is 0 Å². The number of aliphatic carboxylic acids is 1. The zero-order valence-electron chi connectivity index (χ0n) is 11.5. The molecule has 0 aromatic carbocycles. The highest BCUT2D eigenvalue weighted by molar-refractivity contribution is 7.15. The molecule has 0 saturated heterocycles. The van der Waals surface area contributed by atoms with Crippen LogP contribution in [-0.4, -0.2) is 22.6 Å². The molecular weight excluding hydrogens is 272 g/mol. The standard InChI is InChI=1S/C15H20N2O2S/c18-14(19)10-5-6-12-13(10)17-15(20-12)16-7-11(8-1-2-8)9-3-4-9/h8-11H,1-7H2,(H,16,17)(H,18,19). The SMILES string of the molecule is O=C(O)C1CCc2sc(NCC(C3CC3)C3CC3)nc21. The molecule has 4 rings (SSSR count). The van der Waals surface area contributed by atoms with E-state index in [4.69, 9.17) is 0 Å². The molecule has 3 aliphatic carbocycles. The van der Waals surface area contributed by atoms with E-state index in [1.165, 1.54) is 30.6 Å². The van der Waals surface area contributed by atoms with Gasteiger partial charge in [-0.15, -0.1) is 11.3 Å². The van der Waals surface area contributed by atoms with Crippen molar-refractivity contribution >= 4 is 22.4 Å². The second-order valence-corrected chi connectivity index (χ2v) is 7.56. The van der Waals surface area contributed by atoms with Crippen molar-refractivity contribution < 1.29 is 9.90 Å². The Morgan fingerprint density at radius 2 is 2.00 bits per heavy atom. The van der Waals surface area contributed by atoms with Gasteiger partial charge >= 0.3 is 5.97 Å². The summed E-state index contributed by atoms with van der Waals surface area (Å²) in [5, 5.41) is 13.6. The lowest BCUT2D eigenvalue weighted by Gasteiger charge is -2.15. The van der Waals surface area contributed by atoms with Gasteiger partial charge in [-0.1, -0.05) is 0 Å². The largest absolute Gasteiger partial charge is 0.481 e. The Balaban J connectivity index is 1.42. The molecule has 5 heteroatoms. The number of nitrogens with one attached hydrogen (secondary N) is 1. The summed E-state index contributed by atoms with van der Waals surface area (Å²) in [7, 11) is 0. The zero-order valence-corrected chi connectivity index (χ0v) is 12.3. The van der Waals surface area contributed by atoms with Crippen molar-refractivity contribution in [1.82, 2.24) is 4.98 Å². The summed E-state index contributed by atoms with van der Waals surface area (Å²) in [5.74, 6) is 1.60. The van der Waals surface area contributed by atoms with E-state index in [0.717, 1.165) is 48.0 Å². The molecule has 0 aliphatic heterocycles. The first-order valence-corrected chi connectivity index (χ1v) is 8.50. The van der Waals surface area contributed by atoms with Gasteiger partial charge in [-0.3, -0.25) is 4.79 Å². The quantitative estimate of drug-likeness (QED) is 0.845. The summed E-state index contributed by atoms with van der Waals surface area (Å²) in [4.78, 5) is 16.9. The van der Waals surface area contributed by atoms with Crippen molar-refractivity contribution in [2.24, 2.45) is 17.8 Å². The third-order valence-corrected chi connectivity index (χ3v) is 6.05. The number of carboxylic acid groups (broad SMARTS) is 1. The molecule has 0 spiro atoms. The van der Waals surface area contributed by atoms with Gasteiger partial charge in [0.1, 0.15) is 5.92 Å². The molecule has 1 aromatic heterocycles. The van der Waals surface area contributed by atoms with Gasteiger partial charge in [-0.05, 0) is 56.3 Å². The van der Waals surface area contributed by atoms with Crippen LogP contribution < -0.4 is 5.32 Å². The Labute approximate surface area is 122 Å². The number of fused-ring (bicyclic) bond motifs is 1. The van der Waals surface area contributed by atoms with Gasteiger partial charge in [0.2, 0.25) is 0 Å². The van der Waals surface area contributed by atoms with E-state index < -0.39 is 5.97 Å². The predicted octanol–water partition coefficient (Wildman–Crippen LogP) is 3.11. The summed E-state index contributed by atoms with van der Waals surface area (Å²) < 4.78 is 0. The van der Waals surface area contributed by atoms with Crippen LogP contribution in [0.25, 0.3) is 0 Å². The zero-order chi connectivity index (χ0) is 13.7. The summed E-state index contributed by atoms with van der Waals surface area (Å²) in [6.07, 6.45) is 7.20. The van der Waals surface area contributed by atoms with Crippen LogP contribution in [0.3, 0.4) is 0 Å². The van der Waals surface area contributed by atoms with Crippen LogP contribution in [-0.2, 0) is 11.2 Å². The lowest BCUT2D eigenvalue weighted by atomic mass is 9.98. The minimum absolute atomic E-state index is 0.375. The summed E-state index contributed by atoms with van der Waals surface area (Å²) >= 11 is 1.66. The number of carbonyl (C=O) groups is 1. The van der Waals surface area contributed by atoms with Gasteiger partial charge in [-0.25, -0.2) is 4.98 Å². The molecule has 4 nitrogen and oxygen atoms in total. The Morgan fingerprint density at radius 3 is 2.60 bits per heavy atom. The first-order chi connectivity index (χ1) is 9.72. The van der Waals surface area contributed by atoms with E-state index in [-0.39, 0.29) is 5.92 Å². The van der Waals surface area contributed by atoms with Crippen LogP contribution in [0.5, 0.6) is 0 Å². The molecule has 2 fully saturated rings. The number of aromatic nitrogens is 1. The summed E-state index contributed by atoms with van der Waals surface area (Å²) in [6.45, 7) is 1.03. The number of anilines is 1. The molecule has 1 unspecified atom stereocenters. The molecule has 1 heterocycles.